The van der Waals surface area contributed by atoms with Crippen molar-refractivity contribution in [2.45, 2.75) is 109 Å². The fourth-order valence-corrected chi connectivity index (χ4v) is 5.65. The van der Waals surface area contributed by atoms with Crippen LogP contribution in [0.15, 0.2) is 18.3 Å². The average Bonchev–Trinajstić information content (AvgIpc) is 3.18. The molecule has 0 spiro atoms. The number of carboxylic acids is 1. The highest BCUT2D eigenvalue weighted by Gasteiger charge is 2.30. The molecule has 0 aliphatic heterocycles. The molecule has 2 saturated carbocycles. The first-order valence-electron chi connectivity index (χ1n) is 13.0. The molecule has 2 fully saturated rings. The van der Waals surface area contributed by atoms with Crippen LogP contribution in [-0.4, -0.2) is 38.5 Å². The Labute approximate surface area is 202 Å². The molecule has 186 valence electrons. The van der Waals surface area contributed by atoms with Crippen molar-refractivity contribution in [3.05, 3.63) is 29.6 Å². The summed E-state index contributed by atoms with van der Waals surface area (Å²) in [6.45, 7) is 6.44. The minimum atomic E-state index is -0.871. The number of aliphatic carboxylic acids is 1. The zero-order valence-corrected chi connectivity index (χ0v) is 20.9. The summed E-state index contributed by atoms with van der Waals surface area (Å²) in [7, 11) is 0. The Hall–Kier alpha value is -2.57. The van der Waals surface area contributed by atoms with Crippen molar-refractivity contribution in [2.24, 2.45) is 5.92 Å². The second-order valence-corrected chi connectivity index (χ2v) is 11.2. The lowest BCUT2D eigenvalue weighted by Crippen LogP contribution is -2.42. The standard InChI is InChI=1S/C27H40N4O3/c1-27(2,3)23-25(28-19-13-8-5-9-14-19)31-16-10-15-20(24(31)30-23)26(34)29-21(17-22(32)33)18-11-6-4-7-12-18/h10,15-16,18-19,21,28H,4-9,11-14,17H2,1-3H3,(H,29,34)(H,32,33). The predicted molar refractivity (Wildman–Crippen MR) is 134 cm³/mol. The Kier molecular flexibility index (Phi) is 7.48. The van der Waals surface area contributed by atoms with Gasteiger partial charge < -0.3 is 15.7 Å². The molecule has 1 atom stereocenters. The Morgan fingerprint density at radius 3 is 2.35 bits per heavy atom. The highest BCUT2D eigenvalue weighted by atomic mass is 16.4. The molecule has 1 amide bonds. The maximum absolute atomic E-state index is 13.5. The minimum absolute atomic E-state index is 0.0459. The highest BCUT2D eigenvalue weighted by Crippen LogP contribution is 2.33. The van der Waals surface area contributed by atoms with E-state index in [1.165, 1.54) is 25.7 Å². The number of nitrogens with zero attached hydrogens (tertiary/aromatic N) is 2. The summed E-state index contributed by atoms with van der Waals surface area (Å²) in [5.41, 5.74) is 1.88. The quantitative estimate of drug-likeness (QED) is 0.497. The van der Waals surface area contributed by atoms with Gasteiger partial charge in [-0.25, -0.2) is 4.98 Å². The Balaban J connectivity index is 1.66. The number of rotatable bonds is 7. The van der Waals surface area contributed by atoms with Crippen molar-refractivity contribution in [1.82, 2.24) is 14.7 Å². The maximum Gasteiger partial charge on any atom is 0.305 e. The van der Waals surface area contributed by atoms with Gasteiger partial charge in [-0.1, -0.05) is 59.3 Å². The summed E-state index contributed by atoms with van der Waals surface area (Å²) in [5, 5.41) is 16.3. The van der Waals surface area contributed by atoms with Crippen LogP contribution < -0.4 is 10.6 Å². The van der Waals surface area contributed by atoms with Crippen LogP contribution in [0.2, 0.25) is 0 Å². The van der Waals surface area contributed by atoms with E-state index in [1.54, 1.807) is 6.07 Å². The van der Waals surface area contributed by atoms with Crippen LogP contribution in [0.3, 0.4) is 0 Å². The van der Waals surface area contributed by atoms with Crippen molar-refractivity contribution in [3.8, 4) is 0 Å². The van der Waals surface area contributed by atoms with E-state index in [9.17, 15) is 14.7 Å². The molecular weight excluding hydrogens is 428 g/mol. The number of amides is 1. The second kappa shape index (κ2) is 10.4. The molecule has 7 heteroatoms. The fourth-order valence-electron chi connectivity index (χ4n) is 5.65. The number of nitrogens with one attached hydrogen (secondary N) is 2. The Morgan fingerprint density at radius 1 is 1.09 bits per heavy atom. The van der Waals surface area contributed by atoms with Gasteiger partial charge in [-0.05, 0) is 43.7 Å². The molecule has 2 aromatic heterocycles. The molecule has 0 bridgehead atoms. The van der Waals surface area contributed by atoms with Crippen LogP contribution in [0.5, 0.6) is 0 Å². The lowest BCUT2D eigenvalue weighted by Gasteiger charge is -2.30. The number of aromatic nitrogens is 2. The summed E-state index contributed by atoms with van der Waals surface area (Å²) in [5.74, 6) is 0.0707. The molecule has 1 unspecified atom stereocenters. The third kappa shape index (κ3) is 5.56. The zero-order chi connectivity index (χ0) is 24.3. The number of imidazole rings is 1. The predicted octanol–water partition coefficient (Wildman–Crippen LogP) is 5.53. The number of hydrogen-bond acceptors (Lipinski definition) is 4. The molecule has 4 rings (SSSR count). The molecule has 2 aliphatic carbocycles. The second-order valence-electron chi connectivity index (χ2n) is 11.2. The van der Waals surface area contributed by atoms with E-state index in [0.717, 1.165) is 50.0 Å². The number of carbonyl (C=O) groups is 2. The van der Waals surface area contributed by atoms with Crippen molar-refractivity contribution in [2.75, 3.05) is 5.32 Å². The van der Waals surface area contributed by atoms with Gasteiger partial charge in [0.05, 0.1) is 17.7 Å². The molecule has 0 saturated heterocycles. The van der Waals surface area contributed by atoms with Gasteiger partial charge >= 0.3 is 5.97 Å². The lowest BCUT2D eigenvalue weighted by atomic mass is 9.82. The first-order valence-corrected chi connectivity index (χ1v) is 13.0. The van der Waals surface area contributed by atoms with Gasteiger partial charge in [0.1, 0.15) is 5.82 Å². The molecule has 2 heterocycles. The van der Waals surface area contributed by atoms with Crippen molar-refractivity contribution in [1.29, 1.82) is 0 Å². The first kappa shape index (κ1) is 24.6. The summed E-state index contributed by atoms with van der Waals surface area (Å²) in [6, 6.07) is 3.74. The number of pyridine rings is 1. The summed E-state index contributed by atoms with van der Waals surface area (Å²) >= 11 is 0. The molecule has 3 N–H and O–H groups in total. The maximum atomic E-state index is 13.5. The van der Waals surface area contributed by atoms with Gasteiger partial charge in [0.2, 0.25) is 0 Å². The van der Waals surface area contributed by atoms with E-state index in [0.29, 0.717) is 17.3 Å². The monoisotopic (exact) mass is 468 g/mol. The molecule has 7 nitrogen and oxygen atoms in total. The van der Waals surface area contributed by atoms with Gasteiger partial charge in [-0.15, -0.1) is 0 Å². The van der Waals surface area contributed by atoms with Crippen LogP contribution in [0.25, 0.3) is 5.65 Å². The van der Waals surface area contributed by atoms with Gasteiger partial charge in [-0.3, -0.25) is 14.0 Å². The Morgan fingerprint density at radius 2 is 1.74 bits per heavy atom. The van der Waals surface area contributed by atoms with Gasteiger partial charge in [0.25, 0.3) is 5.91 Å². The number of carboxylic acid groups (broad SMARTS) is 1. The van der Waals surface area contributed by atoms with Gasteiger partial charge in [0.15, 0.2) is 5.65 Å². The number of fused-ring (bicyclic) bond motifs is 1. The van der Waals surface area contributed by atoms with E-state index < -0.39 is 5.97 Å². The zero-order valence-electron chi connectivity index (χ0n) is 20.9. The van der Waals surface area contributed by atoms with Gasteiger partial charge in [-0.2, -0.15) is 0 Å². The molecular formula is C27H40N4O3. The lowest BCUT2D eigenvalue weighted by molar-refractivity contribution is -0.137. The summed E-state index contributed by atoms with van der Waals surface area (Å²) < 4.78 is 2.01. The summed E-state index contributed by atoms with van der Waals surface area (Å²) in [4.78, 5) is 30.0. The van der Waals surface area contributed by atoms with Crippen LogP contribution in [0.1, 0.15) is 107 Å². The average molecular weight is 469 g/mol. The molecule has 34 heavy (non-hydrogen) atoms. The molecule has 0 radical (unpaired) electrons. The van der Waals surface area contributed by atoms with Crippen molar-refractivity contribution in [3.63, 3.8) is 0 Å². The highest BCUT2D eigenvalue weighted by molar-refractivity contribution is 6.00. The smallest absolute Gasteiger partial charge is 0.305 e. The van der Waals surface area contributed by atoms with Crippen LogP contribution in [-0.2, 0) is 10.2 Å². The number of anilines is 1. The Bertz CT molecular complexity index is 1010. The van der Waals surface area contributed by atoms with E-state index in [2.05, 4.69) is 31.4 Å². The SMILES string of the molecule is CC(C)(C)c1nc2c(C(=O)NC(CC(=O)O)C3CCCCC3)cccn2c1NC1CCCCC1. The minimum Gasteiger partial charge on any atom is -0.481 e. The fraction of sp³-hybridized carbons (Fsp3) is 0.667. The topological polar surface area (TPSA) is 95.7 Å². The van der Waals surface area contributed by atoms with Crippen LogP contribution in [0.4, 0.5) is 5.82 Å². The molecule has 0 aromatic carbocycles. The third-order valence-corrected chi connectivity index (χ3v) is 7.48. The van der Waals surface area contributed by atoms with E-state index in [-0.39, 0.29) is 29.7 Å². The van der Waals surface area contributed by atoms with E-state index in [1.807, 2.05) is 16.7 Å². The number of hydrogen-bond donors (Lipinski definition) is 3. The normalized spacial score (nSPS) is 19.1. The first-order chi connectivity index (χ1) is 16.2. The van der Waals surface area contributed by atoms with Crippen LogP contribution in [0, 0.1) is 5.92 Å². The van der Waals surface area contributed by atoms with Crippen molar-refractivity contribution >= 4 is 23.3 Å². The third-order valence-electron chi connectivity index (χ3n) is 7.48. The largest absolute Gasteiger partial charge is 0.481 e. The molecule has 2 aliphatic rings. The van der Waals surface area contributed by atoms with Gasteiger partial charge in [0, 0.05) is 23.7 Å². The van der Waals surface area contributed by atoms with E-state index in [4.69, 9.17) is 4.98 Å². The summed E-state index contributed by atoms with van der Waals surface area (Å²) in [6.07, 6.45) is 13.3. The number of carbonyl (C=O) groups excluding carboxylic acids is 1. The van der Waals surface area contributed by atoms with E-state index >= 15 is 0 Å². The van der Waals surface area contributed by atoms with Crippen LogP contribution >= 0.6 is 0 Å². The van der Waals surface area contributed by atoms with Crippen molar-refractivity contribution < 1.29 is 14.7 Å². The molecule has 2 aromatic rings.